The van der Waals surface area contributed by atoms with E-state index in [9.17, 15) is 12.8 Å². The lowest BCUT2D eigenvalue weighted by Crippen LogP contribution is -2.12. The van der Waals surface area contributed by atoms with Gasteiger partial charge in [-0.3, -0.25) is 0 Å². The van der Waals surface area contributed by atoms with Crippen molar-refractivity contribution >= 4 is 21.4 Å². The Morgan fingerprint density at radius 3 is 2.60 bits per heavy atom. The van der Waals surface area contributed by atoms with E-state index in [2.05, 4.69) is 4.98 Å². The van der Waals surface area contributed by atoms with Crippen molar-refractivity contribution in [3.8, 4) is 5.75 Å². The molecule has 0 fully saturated rings. The first-order chi connectivity index (χ1) is 9.27. The molecule has 1 aromatic carbocycles. The molecular weight excluding hydrogens is 303 g/mol. The molecule has 1 heterocycles. The average molecular weight is 316 g/mol. The van der Waals surface area contributed by atoms with E-state index in [1.165, 1.54) is 23.5 Å². The number of primary sulfonamides is 1. The lowest BCUT2D eigenvalue weighted by Gasteiger charge is -2.06. The predicted octanol–water partition coefficient (Wildman–Crippen LogP) is 2.13. The molecule has 0 aliphatic rings. The van der Waals surface area contributed by atoms with Gasteiger partial charge in [0.1, 0.15) is 11.6 Å². The largest absolute Gasteiger partial charge is 0.483 e. The van der Waals surface area contributed by atoms with Crippen LogP contribution in [0.1, 0.15) is 15.6 Å². The van der Waals surface area contributed by atoms with Gasteiger partial charge in [0.15, 0.2) is 11.6 Å². The van der Waals surface area contributed by atoms with E-state index < -0.39 is 15.8 Å². The quantitative estimate of drug-likeness (QED) is 0.936. The molecule has 0 bridgehead atoms. The standard InChI is InChI=1S/C12H13FN2O3S2/c1-7-8(2)19-12(15-7)6-18-11-4-3-9(5-10(11)13)20(14,16)17/h3-5H,6H2,1-2H3,(H2,14,16,17). The maximum absolute atomic E-state index is 13.7. The molecular formula is C12H13FN2O3S2. The number of thiazole rings is 1. The summed E-state index contributed by atoms with van der Waals surface area (Å²) in [6.45, 7) is 3.96. The van der Waals surface area contributed by atoms with Gasteiger partial charge in [0.05, 0.1) is 10.6 Å². The molecule has 0 atom stereocenters. The summed E-state index contributed by atoms with van der Waals surface area (Å²) in [5, 5.41) is 5.65. The second kappa shape index (κ2) is 5.47. The van der Waals surface area contributed by atoms with E-state index in [0.717, 1.165) is 21.6 Å². The number of aromatic nitrogens is 1. The van der Waals surface area contributed by atoms with Gasteiger partial charge in [0, 0.05) is 4.88 Å². The Balaban J connectivity index is 2.14. The highest BCUT2D eigenvalue weighted by Gasteiger charge is 2.13. The number of halogens is 1. The number of sulfonamides is 1. The highest BCUT2D eigenvalue weighted by Crippen LogP contribution is 2.23. The van der Waals surface area contributed by atoms with Gasteiger partial charge < -0.3 is 4.74 Å². The van der Waals surface area contributed by atoms with Crippen molar-refractivity contribution in [2.75, 3.05) is 0 Å². The van der Waals surface area contributed by atoms with Gasteiger partial charge in [-0.15, -0.1) is 11.3 Å². The van der Waals surface area contributed by atoms with Crippen LogP contribution < -0.4 is 9.88 Å². The smallest absolute Gasteiger partial charge is 0.238 e. The van der Waals surface area contributed by atoms with Crippen molar-refractivity contribution in [2.24, 2.45) is 5.14 Å². The van der Waals surface area contributed by atoms with Gasteiger partial charge >= 0.3 is 0 Å². The zero-order valence-electron chi connectivity index (χ0n) is 10.9. The van der Waals surface area contributed by atoms with E-state index in [0.29, 0.717) is 0 Å². The molecule has 2 aromatic rings. The van der Waals surface area contributed by atoms with Crippen LogP contribution in [0.4, 0.5) is 4.39 Å². The number of nitrogens with zero attached hydrogens (tertiary/aromatic N) is 1. The number of nitrogens with two attached hydrogens (primary N) is 1. The summed E-state index contributed by atoms with van der Waals surface area (Å²) in [6.07, 6.45) is 0. The monoisotopic (exact) mass is 316 g/mol. The molecule has 0 aliphatic carbocycles. The summed E-state index contributed by atoms with van der Waals surface area (Å²) >= 11 is 1.47. The summed E-state index contributed by atoms with van der Waals surface area (Å²) in [5.41, 5.74) is 0.915. The average Bonchev–Trinajstić information content (AvgIpc) is 2.66. The van der Waals surface area contributed by atoms with Crippen LogP contribution in [-0.4, -0.2) is 13.4 Å². The Bertz CT molecular complexity index is 722. The first-order valence-corrected chi connectivity index (χ1v) is 8.01. The van der Waals surface area contributed by atoms with Crippen LogP contribution in [0.3, 0.4) is 0 Å². The van der Waals surface area contributed by atoms with Gasteiger partial charge in [-0.05, 0) is 32.0 Å². The Labute approximate surface area is 120 Å². The summed E-state index contributed by atoms with van der Waals surface area (Å²) in [4.78, 5) is 5.06. The van der Waals surface area contributed by atoms with E-state index in [-0.39, 0.29) is 17.3 Å². The fourth-order valence-corrected chi connectivity index (χ4v) is 2.89. The first-order valence-electron chi connectivity index (χ1n) is 5.65. The van der Waals surface area contributed by atoms with Crippen LogP contribution in [0.2, 0.25) is 0 Å². The van der Waals surface area contributed by atoms with Gasteiger partial charge in [-0.1, -0.05) is 0 Å². The maximum Gasteiger partial charge on any atom is 0.238 e. The van der Waals surface area contributed by atoms with Crippen LogP contribution in [0, 0.1) is 19.7 Å². The second-order valence-corrected chi connectivity index (χ2v) is 7.02. The van der Waals surface area contributed by atoms with Crippen molar-refractivity contribution < 1.29 is 17.5 Å². The predicted molar refractivity (Wildman–Crippen MR) is 73.7 cm³/mol. The highest BCUT2D eigenvalue weighted by molar-refractivity contribution is 7.89. The van der Waals surface area contributed by atoms with E-state index >= 15 is 0 Å². The zero-order valence-corrected chi connectivity index (χ0v) is 12.5. The minimum Gasteiger partial charge on any atom is -0.483 e. The lowest BCUT2D eigenvalue weighted by molar-refractivity contribution is 0.289. The van der Waals surface area contributed by atoms with Gasteiger partial charge in [0.2, 0.25) is 10.0 Å². The molecule has 8 heteroatoms. The fraction of sp³-hybridized carbons (Fsp3) is 0.250. The SMILES string of the molecule is Cc1nc(COc2ccc(S(N)(=O)=O)cc2F)sc1C. The first kappa shape index (κ1) is 14.9. The molecule has 2 rings (SSSR count). The van der Waals surface area contributed by atoms with Crippen molar-refractivity contribution in [3.05, 3.63) is 39.6 Å². The third kappa shape index (κ3) is 3.33. The molecule has 0 aliphatic heterocycles. The number of rotatable bonds is 4. The Kier molecular flexibility index (Phi) is 4.07. The highest BCUT2D eigenvalue weighted by atomic mass is 32.2. The Hall–Kier alpha value is -1.51. The molecule has 2 N–H and O–H groups in total. The number of ether oxygens (including phenoxy) is 1. The molecule has 0 spiro atoms. The topological polar surface area (TPSA) is 82.3 Å². The van der Waals surface area contributed by atoms with Crippen LogP contribution in [0.25, 0.3) is 0 Å². The van der Waals surface area contributed by atoms with Crippen LogP contribution >= 0.6 is 11.3 Å². The molecule has 20 heavy (non-hydrogen) atoms. The number of aryl methyl sites for hydroxylation is 2. The van der Waals surface area contributed by atoms with Crippen LogP contribution in [0.5, 0.6) is 5.75 Å². The molecule has 108 valence electrons. The number of benzene rings is 1. The minimum atomic E-state index is -3.92. The molecule has 0 saturated heterocycles. The summed E-state index contributed by atoms with van der Waals surface area (Å²) in [7, 11) is -3.92. The number of hydrogen-bond acceptors (Lipinski definition) is 5. The van der Waals surface area contributed by atoms with Crippen molar-refractivity contribution in [2.45, 2.75) is 25.3 Å². The summed E-state index contributed by atoms with van der Waals surface area (Å²) < 4.78 is 41.2. The van der Waals surface area contributed by atoms with Crippen molar-refractivity contribution in [1.29, 1.82) is 0 Å². The molecule has 0 amide bonds. The summed E-state index contributed by atoms with van der Waals surface area (Å²) in [5.74, 6) is -0.815. The molecule has 0 unspecified atom stereocenters. The van der Waals surface area contributed by atoms with Gasteiger partial charge in [0.25, 0.3) is 0 Å². The molecule has 5 nitrogen and oxygen atoms in total. The van der Waals surface area contributed by atoms with Crippen LogP contribution in [-0.2, 0) is 16.6 Å². The minimum absolute atomic E-state index is 0.0390. The van der Waals surface area contributed by atoms with E-state index in [1.807, 2.05) is 13.8 Å². The lowest BCUT2D eigenvalue weighted by atomic mass is 10.3. The zero-order chi connectivity index (χ0) is 14.9. The van der Waals surface area contributed by atoms with Crippen LogP contribution in [0.15, 0.2) is 23.1 Å². The van der Waals surface area contributed by atoms with E-state index in [1.54, 1.807) is 0 Å². The fourth-order valence-electron chi connectivity index (χ4n) is 1.52. The van der Waals surface area contributed by atoms with Gasteiger partial charge in [-0.25, -0.2) is 22.9 Å². The van der Waals surface area contributed by atoms with E-state index in [4.69, 9.17) is 9.88 Å². The van der Waals surface area contributed by atoms with Crippen molar-refractivity contribution in [1.82, 2.24) is 4.98 Å². The molecule has 1 aromatic heterocycles. The molecule has 0 saturated carbocycles. The summed E-state index contributed by atoms with van der Waals surface area (Å²) in [6, 6.07) is 3.28. The van der Waals surface area contributed by atoms with Gasteiger partial charge in [-0.2, -0.15) is 0 Å². The third-order valence-electron chi connectivity index (χ3n) is 2.66. The van der Waals surface area contributed by atoms with Crippen molar-refractivity contribution in [3.63, 3.8) is 0 Å². The Morgan fingerprint density at radius 1 is 1.40 bits per heavy atom. The maximum atomic E-state index is 13.7. The third-order valence-corrected chi connectivity index (χ3v) is 4.61. The Morgan fingerprint density at radius 2 is 2.10 bits per heavy atom. The number of hydrogen-bond donors (Lipinski definition) is 1. The second-order valence-electron chi connectivity index (χ2n) is 4.18. The molecule has 0 radical (unpaired) electrons. The normalized spacial score (nSPS) is 11.6.